The van der Waals surface area contributed by atoms with Gasteiger partial charge in [-0.3, -0.25) is 4.79 Å². The van der Waals surface area contributed by atoms with E-state index in [0.717, 1.165) is 16.8 Å². The number of aryl methyl sites for hydroxylation is 1. The van der Waals surface area contributed by atoms with E-state index in [0.29, 0.717) is 28.6 Å². The zero-order chi connectivity index (χ0) is 20.9. The Bertz CT molecular complexity index is 938. The van der Waals surface area contributed by atoms with Crippen molar-refractivity contribution in [2.75, 3.05) is 11.4 Å². The van der Waals surface area contributed by atoms with E-state index >= 15 is 0 Å². The van der Waals surface area contributed by atoms with E-state index in [1.165, 1.54) is 6.07 Å². The number of anilines is 1. The fourth-order valence-corrected chi connectivity index (χ4v) is 4.07. The minimum absolute atomic E-state index is 0.0115. The van der Waals surface area contributed by atoms with Crippen molar-refractivity contribution < 1.29 is 22.7 Å². The maximum absolute atomic E-state index is 12.9. The van der Waals surface area contributed by atoms with E-state index in [-0.39, 0.29) is 17.1 Å². The van der Waals surface area contributed by atoms with Gasteiger partial charge >= 0.3 is 6.36 Å². The van der Waals surface area contributed by atoms with Gasteiger partial charge in [-0.25, -0.2) is 0 Å². The molecule has 1 heterocycles. The lowest BCUT2D eigenvalue weighted by Gasteiger charge is -2.39. The van der Waals surface area contributed by atoms with Crippen LogP contribution >= 0.6 is 15.9 Å². The van der Waals surface area contributed by atoms with E-state index in [1.54, 1.807) is 23.1 Å². The predicted molar refractivity (Wildman–Crippen MR) is 107 cm³/mol. The van der Waals surface area contributed by atoms with Crippen LogP contribution in [0.1, 0.15) is 38.3 Å². The van der Waals surface area contributed by atoms with Gasteiger partial charge in [-0.05, 0) is 54.8 Å². The Kier molecular flexibility index (Phi) is 5.25. The van der Waals surface area contributed by atoms with Crippen molar-refractivity contribution in [3.8, 4) is 16.9 Å². The molecule has 0 N–H and O–H groups in total. The SMILES string of the molecule is CCN1C(=O)CC(C)(C)c2cc(C)c(-c3ccc(Br)cc3OC(F)(F)F)cc21. The first-order valence-corrected chi connectivity index (χ1v) is 9.73. The van der Waals surface area contributed by atoms with Gasteiger partial charge < -0.3 is 9.64 Å². The van der Waals surface area contributed by atoms with Crippen LogP contribution in [-0.4, -0.2) is 18.8 Å². The number of benzene rings is 2. The molecule has 28 heavy (non-hydrogen) atoms. The molecule has 0 radical (unpaired) electrons. The van der Waals surface area contributed by atoms with E-state index in [2.05, 4.69) is 20.7 Å². The Morgan fingerprint density at radius 3 is 2.46 bits per heavy atom. The lowest BCUT2D eigenvalue weighted by Crippen LogP contribution is -2.41. The second-order valence-electron chi connectivity index (χ2n) is 7.57. The summed E-state index contributed by atoms with van der Waals surface area (Å²) in [6.45, 7) is 8.26. The van der Waals surface area contributed by atoms with Crippen molar-refractivity contribution >= 4 is 27.5 Å². The van der Waals surface area contributed by atoms with Crippen LogP contribution in [0, 0.1) is 6.92 Å². The smallest absolute Gasteiger partial charge is 0.405 e. The minimum atomic E-state index is -4.80. The summed E-state index contributed by atoms with van der Waals surface area (Å²) < 4.78 is 43.5. The highest BCUT2D eigenvalue weighted by molar-refractivity contribution is 9.10. The lowest BCUT2D eigenvalue weighted by molar-refractivity contribution is -0.274. The Labute approximate surface area is 170 Å². The summed E-state index contributed by atoms with van der Waals surface area (Å²) in [6, 6.07) is 8.34. The molecular formula is C21H21BrF3NO2. The third-order valence-corrected chi connectivity index (χ3v) is 5.53. The van der Waals surface area contributed by atoms with Crippen LogP contribution in [0.5, 0.6) is 5.75 Å². The number of alkyl halides is 3. The van der Waals surface area contributed by atoms with Crippen LogP contribution in [0.4, 0.5) is 18.9 Å². The maximum atomic E-state index is 12.9. The minimum Gasteiger partial charge on any atom is -0.405 e. The average Bonchev–Trinajstić information content (AvgIpc) is 2.54. The van der Waals surface area contributed by atoms with Gasteiger partial charge in [0, 0.05) is 34.1 Å². The predicted octanol–water partition coefficient (Wildman–Crippen LogP) is 6.36. The molecule has 1 aliphatic heterocycles. The summed E-state index contributed by atoms with van der Waals surface area (Å²) >= 11 is 3.20. The number of rotatable bonds is 3. The molecule has 2 aromatic rings. The molecular weight excluding hydrogens is 435 g/mol. The number of carbonyl (C=O) groups is 1. The van der Waals surface area contributed by atoms with Gasteiger partial charge in [0.05, 0.1) is 0 Å². The molecule has 0 atom stereocenters. The average molecular weight is 456 g/mol. The van der Waals surface area contributed by atoms with Crippen molar-refractivity contribution in [3.05, 3.63) is 45.9 Å². The number of hydrogen-bond acceptors (Lipinski definition) is 2. The molecule has 0 aromatic heterocycles. The first-order valence-electron chi connectivity index (χ1n) is 8.94. The molecule has 3 nitrogen and oxygen atoms in total. The standard InChI is InChI=1S/C21H21BrF3NO2/c1-5-26-17-10-15(12(2)8-16(17)20(3,4)11-19(26)27)14-7-6-13(22)9-18(14)28-21(23,24)25/h6-10H,5,11H2,1-4H3. The topological polar surface area (TPSA) is 29.5 Å². The summed E-state index contributed by atoms with van der Waals surface area (Å²) in [6.07, 6.45) is -4.40. The zero-order valence-corrected chi connectivity index (χ0v) is 17.7. The summed E-state index contributed by atoms with van der Waals surface area (Å²) in [5.41, 5.74) is 3.18. The highest BCUT2D eigenvalue weighted by atomic mass is 79.9. The second-order valence-corrected chi connectivity index (χ2v) is 8.49. The summed E-state index contributed by atoms with van der Waals surface area (Å²) in [5, 5.41) is 0. The Hall–Kier alpha value is -2.02. The van der Waals surface area contributed by atoms with Gasteiger partial charge in [0.2, 0.25) is 5.91 Å². The fourth-order valence-electron chi connectivity index (χ4n) is 3.73. The third-order valence-electron chi connectivity index (χ3n) is 5.03. The van der Waals surface area contributed by atoms with Crippen molar-refractivity contribution in [2.45, 2.75) is 45.9 Å². The highest BCUT2D eigenvalue weighted by Gasteiger charge is 2.37. The number of hydrogen-bond donors (Lipinski definition) is 0. The van der Waals surface area contributed by atoms with Gasteiger partial charge in [-0.2, -0.15) is 0 Å². The molecule has 0 bridgehead atoms. The molecule has 1 amide bonds. The molecule has 150 valence electrons. The van der Waals surface area contributed by atoms with Gasteiger partial charge in [0.1, 0.15) is 5.75 Å². The zero-order valence-electron chi connectivity index (χ0n) is 16.1. The van der Waals surface area contributed by atoms with E-state index in [9.17, 15) is 18.0 Å². The van der Waals surface area contributed by atoms with E-state index in [1.807, 2.05) is 33.8 Å². The molecule has 0 aliphatic carbocycles. The molecule has 0 unspecified atom stereocenters. The maximum Gasteiger partial charge on any atom is 0.573 e. The normalized spacial score (nSPS) is 16.1. The van der Waals surface area contributed by atoms with Gasteiger partial charge in [0.15, 0.2) is 0 Å². The van der Waals surface area contributed by atoms with Crippen molar-refractivity contribution in [3.63, 3.8) is 0 Å². The van der Waals surface area contributed by atoms with Crippen LogP contribution in [0.25, 0.3) is 11.1 Å². The van der Waals surface area contributed by atoms with Crippen LogP contribution in [0.15, 0.2) is 34.8 Å². The molecule has 3 rings (SSSR count). The fraction of sp³-hybridized carbons (Fsp3) is 0.381. The number of fused-ring (bicyclic) bond motifs is 1. The highest BCUT2D eigenvalue weighted by Crippen LogP contribution is 2.45. The summed E-state index contributed by atoms with van der Waals surface area (Å²) in [7, 11) is 0. The van der Waals surface area contributed by atoms with Crippen molar-refractivity contribution in [1.82, 2.24) is 0 Å². The summed E-state index contributed by atoms with van der Waals surface area (Å²) in [4.78, 5) is 14.3. The first kappa shape index (κ1) is 20.7. The molecule has 0 saturated carbocycles. The largest absolute Gasteiger partial charge is 0.573 e. The summed E-state index contributed by atoms with van der Waals surface area (Å²) in [5.74, 6) is -0.272. The number of amides is 1. The molecule has 0 spiro atoms. The van der Waals surface area contributed by atoms with Crippen molar-refractivity contribution in [2.24, 2.45) is 0 Å². The first-order chi connectivity index (χ1) is 12.9. The number of nitrogens with zero attached hydrogens (tertiary/aromatic N) is 1. The second kappa shape index (κ2) is 7.10. The Balaban J connectivity index is 2.23. The number of carbonyl (C=O) groups excluding carboxylic acids is 1. The Morgan fingerprint density at radius 1 is 1.18 bits per heavy atom. The van der Waals surface area contributed by atoms with Gasteiger partial charge in [-0.15, -0.1) is 13.2 Å². The molecule has 2 aromatic carbocycles. The van der Waals surface area contributed by atoms with Gasteiger partial charge in [-0.1, -0.05) is 35.8 Å². The van der Waals surface area contributed by atoms with E-state index in [4.69, 9.17) is 0 Å². The third kappa shape index (κ3) is 3.90. The molecule has 7 heteroatoms. The van der Waals surface area contributed by atoms with Crippen molar-refractivity contribution in [1.29, 1.82) is 0 Å². The van der Waals surface area contributed by atoms with Crippen LogP contribution in [-0.2, 0) is 10.2 Å². The number of ether oxygens (including phenoxy) is 1. The number of halogens is 4. The lowest BCUT2D eigenvalue weighted by atomic mass is 9.75. The molecule has 1 aliphatic rings. The molecule has 0 fully saturated rings. The quantitative estimate of drug-likeness (QED) is 0.538. The Morgan fingerprint density at radius 2 is 1.86 bits per heavy atom. The molecule has 0 saturated heterocycles. The van der Waals surface area contributed by atoms with Crippen LogP contribution in [0.3, 0.4) is 0 Å². The monoisotopic (exact) mass is 455 g/mol. The van der Waals surface area contributed by atoms with Gasteiger partial charge in [0.25, 0.3) is 0 Å². The van der Waals surface area contributed by atoms with Crippen LogP contribution in [0.2, 0.25) is 0 Å². The van der Waals surface area contributed by atoms with Crippen LogP contribution < -0.4 is 9.64 Å². The van der Waals surface area contributed by atoms with E-state index < -0.39 is 6.36 Å².